The van der Waals surface area contributed by atoms with Crippen LogP contribution in [0.15, 0.2) is 0 Å². The quantitative estimate of drug-likeness (QED) is 0.532. The van der Waals surface area contributed by atoms with Crippen LogP contribution in [0.2, 0.25) is 6.04 Å². The summed E-state index contributed by atoms with van der Waals surface area (Å²) in [6, 6.07) is 0.983. The summed E-state index contributed by atoms with van der Waals surface area (Å²) in [5.74, 6) is 0. The molecule has 0 aromatic carbocycles. The molecule has 0 bridgehead atoms. The first kappa shape index (κ1) is 10.6. The van der Waals surface area contributed by atoms with Gasteiger partial charge in [0.15, 0.2) is 0 Å². The third-order valence-corrected chi connectivity index (χ3v) is 8.08. The first-order valence-electron chi connectivity index (χ1n) is 5.53. The number of hydrogen-bond donors (Lipinski definition) is 0. The molecule has 0 spiro atoms. The van der Waals surface area contributed by atoms with E-state index in [1.807, 2.05) is 0 Å². The van der Waals surface area contributed by atoms with E-state index < -0.39 is 8.56 Å². The van der Waals surface area contributed by atoms with Crippen LogP contribution in [0.1, 0.15) is 32.6 Å². The fourth-order valence-corrected chi connectivity index (χ4v) is 6.54. The minimum atomic E-state index is -2.09. The molecule has 14 heavy (non-hydrogen) atoms. The van der Waals surface area contributed by atoms with Crippen LogP contribution < -0.4 is 0 Å². The molecular formula is C10H20O3Si. The second-order valence-corrected chi connectivity index (χ2v) is 8.13. The maximum Gasteiger partial charge on any atom is 0.373 e. The van der Waals surface area contributed by atoms with Crippen LogP contribution >= 0.6 is 0 Å². The van der Waals surface area contributed by atoms with Crippen LogP contribution in [0.4, 0.5) is 0 Å². The lowest BCUT2D eigenvalue weighted by Crippen LogP contribution is -2.56. The Morgan fingerprint density at radius 2 is 2.07 bits per heavy atom. The minimum absolute atomic E-state index is 0.00347. The van der Waals surface area contributed by atoms with Crippen molar-refractivity contribution in [2.75, 3.05) is 14.2 Å². The summed E-state index contributed by atoms with van der Waals surface area (Å²) in [7, 11) is 1.47. The largest absolute Gasteiger partial charge is 0.396 e. The summed E-state index contributed by atoms with van der Waals surface area (Å²) in [5.41, 5.74) is 0. The zero-order valence-electron chi connectivity index (χ0n) is 9.34. The third kappa shape index (κ3) is 1.21. The number of epoxide rings is 1. The Kier molecular flexibility index (Phi) is 2.72. The third-order valence-electron chi connectivity index (χ3n) is 3.85. The predicted molar refractivity (Wildman–Crippen MR) is 56.3 cm³/mol. The number of rotatable bonds is 4. The molecule has 2 rings (SSSR count). The zero-order valence-corrected chi connectivity index (χ0v) is 10.3. The molecule has 1 saturated carbocycles. The smallest absolute Gasteiger partial charge is 0.373 e. The van der Waals surface area contributed by atoms with Gasteiger partial charge in [-0.1, -0.05) is 19.8 Å². The van der Waals surface area contributed by atoms with E-state index in [4.69, 9.17) is 13.6 Å². The molecule has 3 nitrogen and oxygen atoms in total. The lowest BCUT2D eigenvalue weighted by atomic mass is 10.0. The van der Waals surface area contributed by atoms with Gasteiger partial charge in [-0.25, -0.2) is 0 Å². The number of fused-ring (bicyclic) bond motifs is 1. The molecule has 2 aliphatic rings. The van der Waals surface area contributed by atoms with Gasteiger partial charge in [0, 0.05) is 14.2 Å². The minimum Gasteiger partial charge on any atom is -0.396 e. The van der Waals surface area contributed by atoms with E-state index in [2.05, 4.69) is 6.92 Å². The number of ether oxygens (including phenoxy) is 1. The van der Waals surface area contributed by atoms with Gasteiger partial charge in [0.1, 0.15) is 5.22 Å². The number of hydrogen-bond acceptors (Lipinski definition) is 3. The summed E-state index contributed by atoms with van der Waals surface area (Å²) < 4.78 is 17.3. The molecule has 0 amide bonds. The average Bonchev–Trinajstić information content (AvgIpc) is 2.97. The van der Waals surface area contributed by atoms with Crippen molar-refractivity contribution in [2.24, 2.45) is 0 Å². The second-order valence-electron chi connectivity index (χ2n) is 4.26. The summed E-state index contributed by atoms with van der Waals surface area (Å²) >= 11 is 0. The molecule has 0 N–H and O–H groups in total. The van der Waals surface area contributed by atoms with Gasteiger partial charge in [0.2, 0.25) is 0 Å². The van der Waals surface area contributed by atoms with Crippen LogP contribution in [0.5, 0.6) is 0 Å². The van der Waals surface area contributed by atoms with E-state index in [0.717, 1.165) is 12.5 Å². The molecule has 1 aliphatic heterocycles. The van der Waals surface area contributed by atoms with E-state index in [1.165, 1.54) is 19.3 Å². The van der Waals surface area contributed by atoms with Crippen LogP contribution in [0.3, 0.4) is 0 Å². The Morgan fingerprint density at radius 1 is 1.36 bits per heavy atom. The van der Waals surface area contributed by atoms with Crippen molar-refractivity contribution in [2.45, 2.75) is 50.0 Å². The lowest BCUT2D eigenvalue weighted by Gasteiger charge is -2.34. The SMILES string of the molecule is CC[Si](OC)(OC)C12CCCCC1O2. The monoisotopic (exact) mass is 216 g/mol. The molecule has 1 saturated heterocycles. The first-order valence-corrected chi connectivity index (χ1v) is 7.55. The van der Waals surface area contributed by atoms with Gasteiger partial charge >= 0.3 is 8.56 Å². The van der Waals surface area contributed by atoms with E-state index in [9.17, 15) is 0 Å². The standard InChI is InChI=1S/C10H20O3Si/c1-4-14(11-2,12-3)10-8-6-5-7-9(10)13-10/h9H,4-8H2,1-3H3. The molecule has 2 atom stereocenters. The molecule has 0 aromatic rings. The van der Waals surface area contributed by atoms with Gasteiger partial charge in [0.25, 0.3) is 0 Å². The normalized spacial score (nSPS) is 36.6. The van der Waals surface area contributed by atoms with E-state index in [-0.39, 0.29) is 5.22 Å². The highest BCUT2D eigenvalue weighted by Gasteiger charge is 2.72. The van der Waals surface area contributed by atoms with Crippen molar-refractivity contribution < 1.29 is 13.6 Å². The van der Waals surface area contributed by atoms with Gasteiger partial charge in [-0.2, -0.15) is 0 Å². The molecule has 1 aliphatic carbocycles. The Labute approximate surface area is 87.0 Å². The van der Waals surface area contributed by atoms with Crippen LogP contribution in [-0.2, 0) is 13.6 Å². The van der Waals surface area contributed by atoms with Crippen molar-refractivity contribution >= 4 is 8.56 Å². The zero-order chi connectivity index (χ0) is 10.2. The Hall–Kier alpha value is 0.0969. The highest BCUT2D eigenvalue weighted by atomic mass is 28.4. The maximum atomic E-state index is 5.92. The Bertz CT molecular complexity index is 209. The van der Waals surface area contributed by atoms with Gasteiger partial charge in [0.05, 0.1) is 6.10 Å². The van der Waals surface area contributed by atoms with Crippen molar-refractivity contribution in [1.29, 1.82) is 0 Å². The topological polar surface area (TPSA) is 31.0 Å². The van der Waals surface area contributed by atoms with Crippen molar-refractivity contribution in [3.8, 4) is 0 Å². The fourth-order valence-electron chi connectivity index (χ4n) is 2.99. The van der Waals surface area contributed by atoms with Gasteiger partial charge in [-0.3, -0.25) is 0 Å². The van der Waals surface area contributed by atoms with E-state index in [1.54, 1.807) is 14.2 Å². The van der Waals surface area contributed by atoms with Crippen molar-refractivity contribution in [3.63, 3.8) is 0 Å². The second kappa shape index (κ2) is 3.59. The van der Waals surface area contributed by atoms with Gasteiger partial charge < -0.3 is 13.6 Å². The molecule has 1 heterocycles. The molecule has 2 fully saturated rings. The highest BCUT2D eigenvalue weighted by molar-refractivity contribution is 6.71. The molecule has 82 valence electrons. The molecule has 2 unspecified atom stereocenters. The lowest BCUT2D eigenvalue weighted by molar-refractivity contribution is 0.187. The summed E-state index contributed by atoms with van der Waals surface area (Å²) in [5, 5.41) is 0.00347. The van der Waals surface area contributed by atoms with Crippen molar-refractivity contribution in [3.05, 3.63) is 0 Å². The van der Waals surface area contributed by atoms with Gasteiger partial charge in [-0.15, -0.1) is 0 Å². The summed E-state index contributed by atoms with van der Waals surface area (Å²) in [4.78, 5) is 0. The predicted octanol–water partition coefficient (Wildman–Crippen LogP) is 1.99. The Balaban J connectivity index is 2.19. The Morgan fingerprint density at radius 3 is 2.57 bits per heavy atom. The fraction of sp³-hybridized carbons (Fsp3) is 1.00. The first-order chi connectivity index (χ1) is 6.74. The van der Waals surface area contributed by atoms with Gasteiger partial charge in [-0.05, 0) is 18.9 Å². The van der Waals surface area contributed by atoms with E-state index in [0.29, 0.717) is 6.10 Å². The maximum absolute atomic E-state index is 5.92. The summed E-state index contributed by atoms with van der Waals surface area (Å²) in [6.45, 7) is 2.15. The highest BCUT2D eigenvalue weighted by Crippen LogP contribution is 2.54. The molecular weight excluding hydrogens is 196 g/mol. The van der Waals surface area contributed by atoms with Crippen LogP contribution in [-0.4, -0.2) is 34.1 Å². The molecule has 0 aromatic heterocycles. The average molecular weight is 216 g/mol. The van der Waals surface area contributed by atoms with E-state index >= 15 is 0 Å². The molecule has 0 radical (unpaired) electrons. The van der Waals surface area contributed by atoms with Crippen LogP contribution in [0, 0.1) is 0 Å². The molecule has 4 heteroatoms. The summed E-state index contributed by atoms with van der Waals surface area (Å²) in [6.07, 6.45) is 5.33. The van der Waals surface area contributed by atoms with Crippen LogP contribution in [0.25, 0.3) is 0 Å². The van der Waals surface area contributed by atoms with Crippen molar-refractivity contribution in [1.82, 2.24) is 0 Å².